The number of ketones is 1. The number of benzene rings is 2. The quantitative estimate of drug-likeness (QED) is 0.276. The number of methoxy groups -OCH3 is 1. The van der Waals surface area contributed by atoms with Crippen molar-refractivity contribution >= 4 is 68.8 Å². The first-order valence-corrected chi connectivity index (χ1v) is 15.4. The Balaban J connectivity index is 1.48. The van der Waals surface area contributed by atoms with Crippen LogP contribution in [0.2, 0.25) is 10.0 Å². The number of aromatic nitrogens is 2. The number of hydrogen-bond donors (Lipinski definition) is 2. The summed E-state index contributed by atoms with van der Waals surface area (Å²) >= 11 is 15.6. The van der Waals surface area contributed by atoms with Gasteiger partial charge < -0.3 is 15.8 Å². The lowest BCUT2D eigenvalue weighted by Gasteiger charge is -2.42. The van der Waals surface area contributed by atoms with Crippen molar-refractivity contribution in [3.05, 3.63) is 80.7 Å². The Labute approximate surface area is 261 Å². The molecule has 42 heavy (non-hydrogen) atoms. The van der Waals surface area contributed by atoms with Gasteiger partial charge in [0.1, 0.15) is 11.6 Å². The Morgan fingerprint density at radius 2 is 1.95 bits per heavy atom. The molecule has 9 nitrogen and oxygen atoms in total. The molecule has 0 fully saturated rings. The largest absolute Gasteiger partial charge is 0.497 e. The highest BCUT2D eigenvalue weighted by Gasteiger charge is 2.46. The maximum absolute atomic E-state index is 13.7. The van der Waals surface area contributed by atoms with E-state index in [1.165, 1.54) is 23.1 Å². The molecule has 1 aromatic heterocycles. The summed E-state index contributed by atoms with van der Waals surface area (Å²) in [6.07, 6.45) is 0.785. The standard InChI is InChI=1S/C29H26Cl2N6O3S2/c1-29(2)11-20-25(21(38)12-29)23(24-18(30)8-5-9-19(24)31)17(13-32)26(33)37(20)27-35-36-28(42-27)41-14-22(39)34-15-6-4-7-16(10-15)40-3/h4-10,23H,11-12,14,33H2,1-3H3,(H,34,39). The van der Waals surface area contributed by atoms with E-state index in [-0.39, 0.29) is 40.7 Å². The van der Waals surface area contributed by atoms with Crippen LogP contribution >= 0.6 is 46.3 Å². The van der Waals surface area contributed by atoms with Gasteiger partial charge in [0.15, 0.2) is 10.1 Å². The fourth-order valence-electron chi connectivity index (χ4n) is 5.18. The van der Waals surface area contributed by atoms with Crippen LogP contribution in [0.1, 0.15) is 38.2 Å². The van der Waals surface area contributed by atoms with Gasteiger partial charge in [-0.2, -0.15) is 5.26 Å². The van der Waals surface area contributed by atoms with Gasteiger partial charge in [0.05, 0.1) is 30.4 Å². The molecule has 0 radical (unpaired) electrons. The summed E-state index contributed by atoms with van der Waals surface area (Å²) in [5.41, 5.74) is 8.62. The van der Waals surface area contributed by atoms with Crippen LogP contribution in [0.25, 0.3) is 0 Å². The molecule has 3 N–H and O–H groups in total. The fraction of sp³-hybridized carbons (Fsp3) is 0.276. The molecule has 0 saturated carbocycles. The molecular formula is C29H26Cl2N6O3S2. The van der Waals surface area contributed by atoms with Crippen molar-refractivity contribution < 1.29 is 14.3 Å². The third kappa shape index (κ3) is 5.85. The highest BCUT2D eigenvalue weighted by Crippen LogP contribution is 2.52. The minimum absolute atomic E-state index is 0.0904. The first-order valence-electron chi connectivity index (χ1n) is 12.8. The summed E-state index contributed by atoms with van der Waals surface area (Å²) in [7, 11) is 1.56. The summed E-state index contributed by atoms with van der Waals surface area (Å²) in [6, 6.07) is 14.3. The summed E-state index contributed by atoms with van der Waals surface area (Å²) in [5, 5.41) is 22.8. The van der Waals surface area contributed by atoms with Crippen LogP contribution in [-0.2, 0) is 9.59 Å². The summed E-state index contributed by atoms with van der Waals surface area (Å²) in [4.78, 5) is 28.0. The van der Waals surface area contributed by atoms with Crippen LogP contribution in [-0.4, -0.2) is 34.8 Å². The molecule has 3 aromatic rings. The Bertz CT molecular complexity index is 1670. The van der Waals surface area contributed by atoms with Crippen LogP contribution in [0, 0.1) is 16.7 Å². The third-order valence-electron chi connectivity index (χ3n) is 6.94. The van der Waals surface area contributed by atoms with Crippen molar-refractivity contribution in [2.45, 2.75) is 36.9 Å². The highest BCUT2D eigenvalue weighted by molar-refractivity contribution is 8.01. The molecule has 1 unspecified atom stereocenters. The van der Waals surface area contributed by atoms with Crippen LogP contribution in [0.3, 0.4) is 0 Å². The Morgan fingerprint density at radius 3 is 2.64 bits per heavy atom. The van der Waals surface area contributed by atoms with Gasteiger partial charge in [0, 0.05) is 45.1 Å². The summed E-state index contributed by atoms with van der Waals surface area (Å²) < 4.78 is 5.73. The van der Waals surface area contributed by atoms with Crippen LogP contribution < -0.4 is 20.7 Å². The number of Topliss-reactive ketones (excluding diaryl/α,β-unsaturated/α-hetero) is 1. The lowest BCUT2D eigenvalue weighted by molar-refractivity contribution is -0.118. The van der Waals surface area contributed by atoms with E-state index >= 15 is 0 Å². The first kappa shape index (κ1) is 29.9. The predicted molar refractivity (Wildman–Crippen MR) is 166 cm³/mol. The first-order chi connectivity index (χ1) is 20.0. The summed E-state index contributed by atoms with van der Waals surface area (Å²) in [6.45, 7) is 4.01. The van der Waals surface area contributed by atoms with Crippen LogP contribution in [0.4, 0.5) is 10.8 Å². The van der Waals surface area contributed by atoms with Crippen LogP contribution in [0.15, 0.2) is 69.5 Å². The molecule has 5 rings (SSSR count). The Kier molecular flexibility index (Phi) is 8.53. The number of ether oxygens (including phenoxy) is 1. The van der Waals surface area contributed by atoms with Crippen molar-refractivity contribution in [2.24, 2.45) is 11.1 Å². The Hall–Kier alpha value is -3.56. The van der Waals surface area contributed by atoms with E-state index in [1.807, 2.05) is 13.8 Å². The number of halogens is 2. The van der Waals surface area contributed by atoms with Gasteiger partial charge in [-0.25, -0.2) is 0 Å². The summed E-state index contributed by atoms with van der Waals surface area (Å²) in [5.74, 6) is -0.290. The molecule has 2 aliphatic rings. The number of carbonyl (C=O) groups is 2. The number of rotatable bonds is 7. The van der Waals surface area contributed by atoms with Crippen molar-refractivity contribution in [3.8, 4) is 11.8 Å². The minimum atomic E-state index is -0.812. The van der Waals surface area contributed by atoms with Crippen molar-refractivity contribution in [1.29, 1.82) is 5.26 Å². The van der Waals surface area contributed by atoms with Gasteiger partial charge in [-0.05, 0) is 36.1 Å². The van der Waals surface area contributed by atoms with E-state index in [0.717, 1.165) is 0 Å². The lowest BCUT2D eigenvalue weighted by Crippen LogP contribution is -2.42. The number of hydrogen-bond acceptors (Lipinski definition) is 10. The molecule has 1 aliphatic heterocycles. The van der Waals surface area contributed by atoms with E-state index < -0.39 is 5.92 Å². The van der Waals surface area contributed by atoms with E-state index in [2.05, 4.69) is 21.6 Å². The molecule has 1 amide bonds. The van der Waals surface area contributed by atoms with Crippen LogP contribution in [0.5, 0.6) is 5.75 Å². The second-order valence-corrected chi connectivity index (χ2v) is 13.5. The zero-order valence-electron chi connectivity index (χ0n) is 22.9. The van der Waals surface area contributed by atoms with Gasteiger partial charge in [-0.15, -0.1) is 10.2 Å². The molecule has 1 atom stereocenters. The predicted octanol–water partition coefficient (Wildman–Crippen LogP) is 6.53. The monoisotopic (exact) mass is 640 g/mol. The molecule has 1 aliphatic carbocycles. The molecule has 2 aromatic carbocycles. The maximum atomic E-state index is 13.7. The number of anilines is 2. The number of amides is 1. The van der Waals surface area contributed by atoms with E-state index in [9.17, 15) is 14.9 Å². The van der Waals surface area contributed by atoms with Gasteiger partial charge in [0.25, 0.3) is 0 Å². The minimum Gasteiger partial charge on any atom is -0.497 e. The molecule has 0 bridgehead atoms. The number of nitrogens with zero attached hydrogens (tertiary/aromatic N) is 4. The number of nitriles is 1. The Morgan fingerprint density at radius 1 is 1.24 bits per heavy atom. The average Bonchev–Trinajstić information content (AvgIpc) is 3.39. The number of carbonyl (C=O) groups excluding carboxylic acids is 2. The van der Waals surface area contributed by atoms with Gasteiger partial charge in [-0.3, -0.25) is 14.5 Å². The fourth-order valence-corrected chi connectivity index (χ4v) is 7.48. The van der Waals surface area contributed by atoms with Crippen molar-refractivity contribution in [2.75, 3.05) is 23.1 Å². The zero-order valence-corrected chi connectivity index (χ0v) is 26.0. The van der Waals surface area contributed by atoms with E-state index in [0.29, 0.717) is 54.2 Å². The molecule has 2 heterocycles. The van der Waals surface area contributed by atoms with E-state index in [1.54, 1.807) is 54.5 Å². The molecule has 13 heteroatoms. The molecule has 216 valence electrons. The normalized spacial score (nSPS) is 18.0. The number of nitrogens with one attached hydrogen (secondary N) is 1. The van der Waals surface area contributed by atoms with Gasteiger partial charge in [-0.1, -0.05) is 72.3 Å². The second kappa shape index (κ2) is 12.0. The number of nitrogens with two attached hydrogens (primary N) is 1. The highest BCUT2D eigenvalue weighted by atomic mass is 35.5. The van der Waals surface area contributed by atoms with Crippen molar-refractivity contribution in [3.63, 3.8) is 0 Å². The zero-order chi connectivity index (χ0) is 30.2. The van der Waals surface area contributed by atoms with Crippen molar-refractivity contribution in [1.82, 2.24) is 10.2 Å². The number of allylic oxidation sites excluding steroid dienone is 3. The molecular weight excluding hydrogens is 615 g/mol. The smallest absolute Gasteiger partial charge is 0.234 e. The lowest BCUT2D eigenvalue weighted by atomic mass is 9.68. The maximum Gasteiger partial charge on any atom is 0.234 e. The van der Waals surface area contributed by atoms with E-state index in [4.69, 9.17) is 33.7 Å². The molecule has 0 saturated heterocycles. The van der Waals surface area contributed by atoms with Gasteiger partial charge >= 0.3 is 0 Å². The van der Waals surface area contributed by atoms with Gasteiger partial charge in [0.2, 0.25) is 11.0 Å². The number of thioether (sulfide) groups is 1. The second-order valence-electron chi connectivity index (χ2n) is 10.5. The topological polar surface area (TPSA) is 134 Å². The average molecular weight is 642 g/mol. The molecule has 0 spiro atoms. The SMILES string of the molecule is COc1cccc(NC(=O)CSc2nnc(N3C(N)=C(C#N)C(c4c(Cl)cccc4Cl)C4=C3CC(C)(C)CC4=O)s2)c1. The third-order valence-corrected chi connectivity index (χ3v) is 9.64.